The largest absolute Gasteiger partial charge is 0.372 e. The number of hydrogen-bond acceptors (Lipinski definition) is 5. The van der Waals surface area contributed by atoms with Crippen molar-refractivity contribution in [1.82, 2.24) is 0 Å². The number of nitrogens with two attached hydrogens (primary N) is 1. The number of rotatable bonds is 2. The van der Waals surface area contributed by atoms with Crippen LogP contribution >= 0.6 is 0 Å². The van der Waals surface area contributed by atoms with Gasteiger partial charge in [-0.25, -0.2) is 8.42 Å². The fourth-order valence-corrected chi connectivity index (χ4v) is 1.77. The van der Waals surface area contributed by atoms with E-state index in [0.717, 1.165) is 12.3 Å². The van der Waals surface area contributed by atoms with E-state index in [1.54, 1.807) is 0 Å². The summed E-state index contributed by atoms with van der Waals surface area (Å²) in [6, 6.07) is 5.25. The van der Waals surface area contributed by atoms with Crippen molar-refractivity contribution < 1.29 is 18.1 Å². The van der Waals surface area contributed by atoms with E-state index in [2.05, 4.69) is 5.73 Å². The normalized spacial score (nSPS) is 9.81. The van der Waals surface area contributed by atoms with Crippen molar-refractivity contribution in [2.75, 3.05) is 6.26 Å². The summed E-state index contributed by atoms with van der Waals surface area (Å²) in [5.41, 5.74) is 3.78. The Kier molecular flexibility index (Phi) is 5.10. The van der Waals surface area contributed by atoms with Gasteiger partial charge in [-0.3, -0.25) is 14.9 Å². The molecule has 1 aromatic rings. The Hall–Kier alpha value is -1.96. The van der Waals surface area contributed by atoms with Crippen LogP contribution in [0.25, 0.3) is 0 Å². The summed E-state index contributed by atoms with van der Waals surface area (Å²) < 4.78 is 22.1. The molecular weight excluding hydrogens is 236 g/mol. The number of nitro groups is 1. The number of carbonyl (C=O) groups excluding carboxylic acids is 1. The molecule has 1 aromatic carbocycles. The molecule has 16 heavy (non-hydrogen) atoms. The lowest BCUT2D eigenvalue weighted by molar-refractivity contribution is -0.387. The number of benzene rings is 1. The first-order chi connectivity index (χ1) is 7.34. The maximum atomic E-state index is 11.1. The topological polar surface area (TPSA) is 120 Å². The number of sulfone groups is 1. The van der Waals surface area contributed by atoms with Gasteiger partial charge in [-0.1, -0.05) is 12.1 Å². The predicted molar refractivity (Wildman–Crippen MR) is 56.5 cm³/mol. The molecule has 0 atom stereocenters. The van der Waals surface area contributed by atoms with Gasteiger partial charge in [0.15, 0.2) is 9.84 Å². The number of carbonyl (C=O) groups is 1. The highest BCUT2D eigenvalue weighted by Gasteiger charge is 2.20. The Bertz CT molecular complexity index is 483. The van der Waals surface area contributed by atoms with Crippen molar-refractivity contribution in [3.8, 4) is 0 Å². The molecule has 0 aliphatic heterocycles. The zero-order chi connectivity index (χ0) is 12.8. The maximum Gasteiger partial charge on any atom is 0.287 e. The molecule has 0 unspecified atom stereocenters. The van der Waals surface area contributed by atoms with E-state index in [1.165, 1.54) is 18.2 Å². The van der Waals surface area contributed by atoms with Gasteiger partial charge in [-0.05, 0) is 6.07 Å². The number of nitro benzene ring substituents is 1. The minimum absolute atomic E-state index is 0.250. The van der Waals surface area contributed by atoms with E-state index >= 15 is 0 Å². The molecule has 0 bridgehead atoms. The van der Waals surface area contributed by atoms with Crippen molar-refractivity contribution in [3.63, 3.8) is 0 Å². The Morgan fingerprint density at radius 1 is 1.38 bits per heavy atom. The van der Waals surface area contributed by atoms with Gasteiger partial charge in [-0.15, -0.1) is 0 Å². The van der Waals surface area contributed by atoms with Gasteiger partial charge in [-0.2, -0.15) is 0 Å². The van der Waals surface area contributed by atoms with Crippen LogP contribution in [-0.2, 0) is 14.6 Å². The molecule has 0 saturated heterocycles. The number of hydrogen-bond donors (Lipinski definition) is 1. The second-order valence-corrected chi connectivity index (χ2v) is 4.62. The first-order valence-corrected chi connectivity index (χ1v) is 5.82. The average Bonchev–Trinajstić information content (AvgIpc) is 2.17. The summed E-state index contributed by atoms with van der Waals surface area (Å²) in [6.45, 7) is 0. The maximum absolute atomic E-state index is 11.1. The second-order valence-electron chi connectivity index (χ2n) is 2.63. The smallest absolute Gasteiger partial charge is 0.287 e. The third-order valence-corrected chi connectivity index (χ3v) is 2.61. The van der Waals surface area contributed by atoms with Crippen LogP contribution < -0.4 is 5.73 Å². The van der Waals surface area contributed by atoms with Crippen LogP contribution in [0.15, 0.2) is 29.2 Å². The van der Waals surface area contributed by atoms with Gasteiger partial charge in [0.1, 0.15) is 4.90 Å². The van der Waals surface area contributed by atoms with Crippen molar-refractivity contribution >= 4 is 21.9 Å². The van der Waals surface area contributed by atoms with Gasteiger partial charge < -0.3 is 5.73 Å². The molecule has 88 valence electrons. The molecule has 0 heterocycles. The van der Waals surface area contributed by atoms with E-state index in [1.807, 2.05) is 0 Å². The van der Waals surface area contributed by atoms with Crippen LogP contribution in [0.4, 0.5) is 5.69 Å². The van der Waals surface area contributed by atoms with Gasteiger partial charge in [0.25, 0.3) is 5.69 Å². The zero-order valence-corrected chi connectivity index (χ0v) is 9.18. The van der Waals surface area contributed by atoms with Crippen LogP contribution in [0.3, 0.4) is 0 Å². The zero-order valence-electron chi connectivity index (χ0n) is 8.36. The summed E-state index contributed by atoms with van der Waals surface area (Å²) in [5, 5.41) is 10.4. The SMILES string of the molecule is CS(=O)(=O)c1ccccc1[N+](=O)[O-].NC=O. The van der Waals surface area contributed by atoms with Crippen LogP contribution in [-0.4, -0.2) is 26.0 Å². The van der Waals surface area contributed by atoms with E-state index < -0.39 is 14.8 Å². The molecule has 2 N–H and O–H groups in total. The Morgan fingerprint density at radius 2 is 1.81 bits per heavy atom. The van der Waals surface area contributed by atoms with E-state index in [4.69, 9.17) is 4.79 Å². The molecular formula is C8H10N2O5S. The van der Waals surface area contributed by atoms with Gasteiger partial charge in [0.2, 0.25) is 6.41 Å². The first kappa shape index (κ1) is 14.0. The standard InChI is InChI=1S/C7H7NO4S.CH3NO/c1-13(11,12)7-5-3-2-4-6(7)8(9)10;2-1-3/h2-5H,1H3;1H,(H2,2,3). The predicted octanol–water partition coefficient (Wildman–Crippen LogP) is 0.0998. The van der Waals surface area contributed by atoms with Crippen LogP contribution in [0, 0.1) is 10.1 Å². The van der Waals surface area contributed by atoms with Crippen molar-refractivity contribution in [2.24, 2.45) is 5.73 Å². The molecule has 0 aliphatic carbocycles. The third kappa shape index (κ3) is 4.05. The highest BCUT2D eigenvalue weighted by molar-refractivity contribution is 7.90. The lowest BCUT2D eigenvalue weighted by atomic mass is 10.3. The molecule has 8 heteroatoms. The third-order valence-electron chi connectivity index (χ3n) is 1.46. The highest BCUT2D eigenvalue weighted by Crippen LogP contribution is 2.22. The van der Waals surface area contributed by atoms with Crippen LogP contribution in [0.2, 0.25) is 0 Å². The van der Waals surface area contributed by atoms with Crippen molar-refractivity contribution in [1.29, 1.82) is 0 Å². The lowest BCUT2D eigenvalue weighted by Gasteiger charge is -1.98. The summed E-state index contributed by atoms with van der Waals surface area (Å²) in [6.07, 6.45) is 1.19. The molecule has 0 fully saturated rings. The molecule has 0 aliphatic rings. The minimum Gasteiger partial charge on any atom is -0.372 e. The summed E-state index contributed by atoms with van der Waals surface area (Å²) >= 11 is 0. The number of para-hydroxylation sites is 1. The van der Waals surface area contributed by atoms with E-state index in [0.29, 0.717) is 0 Å². The number of nitrogens with zero attached hydrogens (tertiary/aromatic N) is 1. The highest BCUT2D eigenvalue weighted by atomic mass is 32.2. The Labute approximate surface area is 91.9 Å². The minimum atomic E-state index is -3.52. The molecule has 1 amide bonds. The molecule has 0 aromatic heterocycles. The molecule has 0 spiro atoms. The van der Waals surface area contributed by atoms with Gasteiger partial charge in [0, 0.05) is 12.3 Å². The van der Waals surface area contributed by atoms with E-state index in [-0.39, 0.29) is 17.0 Å². The van der Waals surface area contributed by atoms with Crippen molar-refractivity contribution in [3.05, 3.63) is 34.4 Å². The number of primary amides is 1. The van der Waals surface area contributed by atoms with Crippen LogP contribution in [0.1, 0.15) is 0 Å². The van der Waals surface area contributed by atoms with Gasteiger partial charge in [0.05, 0.1) is 4.92 Å². The fraction of sp³-hybridized carbons (Fsp3) is 0.125. The molecule has 0 radical (unpaired) electrons. The number of amides is 1. The summed E-state index contributed by atoms with van der Waals surface area (Å²) in [5.74, 6) is 0. The fourth-order valence-electron chi connectivity index (χ4n) is 0.922. The summed E-state index contributed by atoms with van der Waals surface area (Å²) in [4.78, 5) is 18.0. The van der Waals surface area contributed by atoms with Crippen molar-refractivity contribution in [2.45, 2.75) is 4.90 Å². The second kappa shape index (κ2) is 5.81. The quantitative estimate of drug-likeness (QED) is 0.450. The Balaban J connectivity index is 0.000000673. The molecule has 0 saturated carbocycles. The van der Waals surface area contributed by atoms with Crippen LogP contribution in [0.5, 0.6) is 0 Å². The molecule has 1 rings (SSSR count). The first-order valence-electron chi connectivity index (χ1n) is 3.93. The lowest BCUT2D eigenvalue weighted by Crippen LogP contribution is -2.01. The van der Waals surface area contributed by atoms with Gasteiger partial charge >= 0.3 is 0 Å². The summed E-state index contributed by atoms with van der Waals surface area (Å²) in [7, 11) is -3.52. The monoisotopic (exact) mass is 246 g/mol. The van der Waals surface area contributed by atoms with E-state index in [9.17, 15) is 18.5 Å². The molecule has 7 nitrogen and oxygen atoms in total. The average molecular weight is 246 g/mol. The Morgan fingerprint density at radius 3 is 2.12 bits per heavy atom.